The van der Waals surface area contributed by atoms with Crippen LogP contribution in [0.3, 0.4) is 0 Å². The maximum absolute atomic E-state index is 8.66. The van der Waals surface area contributed by atoms with E-state index in [2.05, 4.69) is 0 Å². The van der Waals surface area contributed by atoms with Gasteiger partial charge in [0.25, 0.3) is 0 Å². The minimum absolute atomic E-state index is 0. The van der Waals surface area contributed by atoms with Gasteiger partial charge in [0.2, 0.25) is 0 Å². The minimum atomic E-state index is -5.14. The van der Waals surface area contributed by atoms with Gasteiger partial charge >= 0.3 is 16.8 Å². The van der Waals surface area contributed by atoms with Crippen molar-refractivity contribution in [1.82, 2.24) is 0 Å². The largest absolute Gasteiger partial charge is 2.00 e. The molecule has 1 radical (unpaired) electrons. The van der Waals surface area contributed by atoms with Gasteiger partial charge in [-0.25, -0.2) is 0 Å². The van der Waals surface area contributed by atoms with Crippen molar-refractivity contribution in [3.63, 3.8) is 0 Å². The number of phosphoric acid groups is 1. The smallest absolute Gasteiger partial charge is 0.790 e. The van der Waals surface area contributed by atoms with Gasteiger partial charge in [-0.1, -0.05) is 0 Å². The second-order valence-corrected chi connectivity index (χ2v) is 1.41. The summed E-state index contributed by atoms with van der Waals surface area (Å²) in [6.45, 7) is 0. The van der Waals surface area contributed by atoms with E-state index in [0.29, 0.717) is 0 Å². The number of hydrogen-bond acceptors (Lipinski definition) is 3. The SMILES string of the molecule is O=P([O-])([O-])O.[Co+2].[Mo]. The summed E-state index contributed by atoms with van der Waals surface area (Å²) in [6, 6.07) is 0. The molecule has 7 heteroatoms. The third kappa shape index (κ3) is 121. The Labute approximate surface area is 65.0 Å². The average molecular weight is 251 g/mol. The van der Waals surface area contributed by atoms with Crippen LogP contribution in [0.4, 0.5) is 0 Å². The van der Waals surface area contributed by atoms with E-state index in [1.54, 1.807) is 0 Å². The number of rotatable bonds is 0. The van der Waals surface area contributed by atoms with Crippen LogP contribution in [0.5, 0.6) is 0 Å². The normalized spacial score (nSPS) is 8.43. The van der Waals surface area contributed by atoms with Gasteiger partial charge in [-0.15, -0.1) is 0 Å². The van der Waals surface area contributed by atoms with Crippen LogP contribution in [-0.4, -0.2) is 4.89 Å². The Hall–Kier alpha value is 1.30. The number of hydrogen-bond donors (Lipinski definition) is 1. The van der Waals surface area contributed by atoms with Gasteiger partial charge in [0, 0.05) is 21.1 Å². The minimum Gasteiger partial charge on any atom is -0.790 e. The van der Waals surface area contributed by atoms with Crippen molar-refractivity contribution in [1.29, 1.82) is 0 Å². The summed E-state index contributed by atoms with van der Waals surface area (Å²) in [5.74, 6) is 0. The second kappa shape index (κ2) is 5.44. The molecule has 0 saturated heterocycles. The summed E-state index contributed by atoms with van der Waals surface area (Å²) in [6.07, 6.45) is 0. The second-order valence-electron chi connectivity index (χ2n) is 0.469. The molecule has 4 nitrogen and oxygen atoms in total. The molecule has 45 valence electrons. The monoisotopic (exact) mass is 253 g/mol. The van der Waals surface area contributed by atoms with Crippen LogP contribution < -0.4 is 9.79 Å². The van der Waals surface area contributed by atoms with Gasteiger partial charge in [-0.2, -0.15) is 0 Å². The molecule has 0 aromatic rings. The molecule has 0 heterocycles. The molecule has 0 aliphatic heterocycles. The topological polar surface area (TPSA) is 83.4 Å². The summed E-state index contributed by atoms with van der Waals surface area (Å²) in [5, 5.41) is 0. The fraction of sp³-hybridized carbons (Fsp3) is 0. The Kier molecular flexibility index (Phi) is 12.2. The van der Waals surface area contributed by atoms with Gasteiger partial charge < -0.3 is 19.2 Å². The summed E-state index contributed by atoms with van der Waals surface area (Å²) in [5.41, 5.74) is 0. The zero-order valence-corrected chi connectivity index (χ0v) is 6.80. The first kappa shape index (κ1) is 15.7. The van der Waals surface area contributed by atoms with Crippen molar-refractivity contribution in [2.75, 3.05) is 0 Å². The van der Waals surface area contributed by atoms with Crippen LogP contribution >= 0.6 is 7.82 Å². The fourth-order valence-electron chi connectivity index (χ4n) is 0. The van der Waals surface area contributed by atoms with Crippen molar-refractivity contribution in [2.24, 2.45) is 0 Å². The Morgan fingerprint density at radius 3 is 1.43 bits per heavy atom. The van der Waals surface area contributed by atoms with Crippen molar-refractivity contribution >= 4 is 7.82 Å². The third-order valence-corrected chi connectivity index (χ3v) is 0. The van der Waals surface area contributed by atoms with Crippen LogP contribution in [-0.2, 0) is 42.4 Å². The zero-order valence-electron chi connectivity index (χ0n) is 2.86. The first-order valence-corrected chi connectivity index (χ1v) is 2.24. The van der Waals surface area contributed by atoms with Crippen LogP contribution in [0.15, 0.2) is 0 Å². The van der Waals surface area contributed by atoms with Gasteiger partial charge in [0.15, 0.2) is 0 Å². The molecule has 0 rings (SSSR count). The Morgan fingerprint density at radius 1 is 1.43 bits per heavy atom. The molecule has 0 fully saturated rings. The maximum atomic E-state index is 8.66. The van der Waals surface area contributed by atoms with E-state index in [4.69, 9.17) is 19.2 Å². The fourth-order valence-corrected chi connectivity index (χ4v) is 0. The first-order valence-electron chi connectivity index (χ1n) is 0.748. The van der Waals surface area contributed by atoms with Gasteiger partial charge in [0.1, 0.15) is 0 Å². The van der Waals surface area contributed by atoms with Gasteiger partial charge in [0.05, 0.1) is 7.82 Å². The molecule has 0 aromatic heterocycles. The molecule has 0 atom stereocenters. The van der Waals surface area contributed by atoms with Crippen LogP contribution in [0.1, 0.15) is 0 Å². The molecule has 7 heavy (non-hydrogen) atoms. The molecule has 0 spiro atoms. The maximum Gasteiger partial charge on any atom is 2.00 e. The predicted molar refractivity (Wildman–Crippen MR) is 9.83 cm³/mol. The van der Waals surface area contributed by atoms with Gasteiger partial charge in [-0.3, -0.25) is 0 Å². The summed E-state index contributed by atoms with van der Waals surface area (Å²) >= 11 is 0. The van der Waals surface area contributed by atoms with Gasteiger partial charge in [-0.05, 0) is 0 Å². The van der Waals surface area contributed by atoms with Crippen molar-refractivity contribution in [2.45, 2.75) is 0 Å². The molecular formula is HCoMoO4P. The van der Waals surface area contributed by atoms with Crippen LogP contribution in [0.25, 0.3) is 0 Å². The van der Waals surface area contributed by atoms with Crippen LogP contribution in [0, 0.1) is 0 Å². The van der Waals surface area contributed by atoms with Crippen molar-refractivity contribution in [3.8, 4) is 0 Å². The van der Waals surface area contributed by atoms with E-state index in [1.165, 1.54) is 0 Å². The van der Waals surface area contributed by atoms with E-state index < -0.39 is 7.82 Å². The quantitative estimate of drug-likeness (QED) is 0.391. The standard InChI is InChI=1S/Co.Mo.H3O4P/c;;1-5(2,3)4/h;;(H3,1,2,3,4)/q+2;;/p-2. The van der Waals surface area contributed by atoms with E-state index >= 15 is 0 Å². The Morgan fingerprint density at radius 2 is 1.43 bits per heavy atom. The molecular weight excluding hydrogens is 250 g/mol. The summed E-state index contributed by atoms with van der Waals surface area (Å²) < 4.78 is 8.66. The van der Waals surface area contributed by atoms with E-state index in [-0.39, 0.29) is 37.8 Å². The molecule has 0 unspecified atom stereocenters. The van der Waals surface area contributed by atoms with E-state index in [1.807, 2.05) is 0 Å². The predicted octanol–water partition coefficient (Wildman–Crippen LogP) is -2.20. The molecule has 0 saturated carbocycles. The average Bonchev–Trinajstić information content (AvgIpc) is 0.722. The zero-order chi connectivity index (χ0) is 4.50. The van der Waals surface area contributed by atoms with Crippen molar-refractivity contribution < 1.29 is 57.1 Å². The summed E-state index contributed by atoms with van der Waals surface area (Å²) in [4.78, 5) is 24.3. The molecule has 0 aliphatic carbocycles. The Balaban J connectivity index is -0.0000000800. The molecule has 0 aromatic carbocycles. The third-order valence-electron chi connectivity index (χ3n) is 0. The van der Waals surface area contributed by atoms with E-state index in [0.717, 1.165) is 0 Å². The molecule has 1 N–H and O–H groups in total. The van der Waals surface area contributed by atoms with Crippen LogP contribution in [0.2, 0.25) is 0 Å². The van der Waals surface area contributed by atoms with Crippen molar-refractivity contribution in [3.05, 3.63) is 0 Å². The Bertz CT molecular complexity index is 57.8. The van der Waals surface area contributed by atoms with E-state index in [9.17, 15) is 0 Å². The molecule has 0 aliphatic rings. The molecule has 0 bridgehead atoms. The molecule has 0 amide bonds. The summed E-state index contributed by atoms with van der Waals surface area (Å²) in [7, 11) is -5.14. The first-order chi connectivity index (χ1) is 2.00.